The molecule has 82 valence electrons. The van der Waals surface area contributed by atoms with E-state index >= 15 is 0 Å². The third kappa shape index (κ3) is 3.90. The van der Waals surface area contributed by atoms with E-state index in [1.165, 1.54) is 0 Å². The highest BCUT2D eigenvalue weighted by molar-refractivity contribution is 6.17. The third-order valence-corrected chi connectivity index (χ3v) is 2.21. The minimum Gasteiger partial charge on any atom is -0.392 e. The quantitative estimate of drug-likeness (QED) is 0.767. The van der Waals surface area contributed by atoms with Gasteiger partial charge in [-0.1, -0.05) is 12.1 Å². The van der Waals surface area contributed by atoms with Crippen molar-refractivity contribution in [1.82, 2.24) is 5.32 Å². The van der Waals surface area contributed by atoms with Gasteiger partial charge in [0, 0.05) is 18.0 Å². The average Bonchev–Trinajstić information content (AvgIpc) is 2.26. The van der Waals surface area contributed by atoms with Gasteiger partial charge in [-0.15, -0.1) is 11.6 Å². The highest BCUT2D eigenvalue weighted by Gasteiger charge is 2.06. The van der Waals surface area contributed by atoms with Gasteiger partial charge >= 0.3 is 0 Å². The fourth-order valence-corrected chi connectivity index (χ4v) is 1.30. The number of amides is 1. The van der Waals surface area contributed by atoms with Gasteiger partial charge in [0.25, 0.3) is 5.91 Å². The first kappa shape index (κ1) is 12.0. The van der Waals surface area contributed by atoms with E-state index in [4.69, 9.17) is 16.7 Å². The number of rotatable bonds is 4. The van der Waals surface area contributed by atoms with Crippen LogP contribution in [0.2, 0.25) is 0 Å². The van der Waals surface area contributed by atoms with E-state index < -0.39 is 6.10 Å². The van der Waals surface area contributed by atoms with E-state index in [0.717, 1.165) is 5.56 Å². The predicted octanol–water partition coefficient (Wildman–Crippen LogP) is 1.54. The summed E-state index contributed by atoms with van der Waals surface area (Å²) in [6, 6.07) is 7.10. The van der Waals surface area contributed by atoms with Crippen molar-refractivity contribution in [3.63, 3.8) is 0 Å². The molecule has 2 N–H and O–H groups in total. The summed E-state index contributed by atoms with van der Waals surface area (Å²) < 4.78 is 0. The summed E-state index contributed by atoms with van der Waals surface area (Å²) in [6.07, 6.45) is -0.537. The van der Waals surface area contributed by atoms with Crippen LogP contribution in [0.1, 0.15) is 22.8 Å². The van der Waals surface area contributed by atoms with Gasteiger partial charge in [0.05, 0.1) is 6.10 Å². The summed E-state index contributed by atoms with van der Waals surface area (Å²) in [5.74, 6) is 0.195. The van der Waals surface area contributed by atoms with Crippen molar-refractivity contribution in [1.29, 1.82) is 0 Å². The smallest absolute Gasteiger partial charge is 0.251 e. The summed E-state index contributed by atoms with van der Waals surface area (Å²) in [5.41, 5.74) is 1.47. The van der Waals surface area contributed by atoms with E-state index in [1.54, 1.807) is 25.1 Å². The number of alkyl halides is 1. The number of hydrogen-bond donors (Lipinski definition) is 2. The highest BCUT2D eigenvalue weighted by atomic mass is 35.5. The number of benzene rings is 1. The number of aliphatic hydroxyl groups excluding tert-OH is 1. The first-order chi connectivity index (χ1) is 7.13. The lowest BCUT2D eigenvalue weighted by atomic mass is 10.1. The van der Waals surface area contributed by atoms with Crippen molar-refractivity contribution >= 4 is 17.5 Å². The topological polar surface area (TPSA) is 49.3 Å². The van der Waals surface area contributed by atoms with Crippen molar-refractivity contribution in [2.75, 3.05) is 6.54 Å². The zero-order valence-electron chi connectivity index (χ0n) is 8.53. The van der Waals surface area contributed by atoms with Crippen LogP contribution in [0.3, 0.4) is 0 Å². The van der Waals surface area contributed by atoms with Crippen LogP contribution >= 0.6 is 11.6 Å². The lowest BCUT2D eigenvalue weighted by molar-refractivity contribution is 0.0924. The standard InChI is InChI=1S/C11H14ClNO2/c1-8(14)7-13-11(15)10-4-2-3-9(5-10)6-12/h2-5,8,14H,6-7H2,1H3,(H,13,15)/t8-/m1/s1. The van der Waals surface area contributed by atoms with Crippen LogP contribution in [0.4, 0.5) is 0 Å². The predicted molar refractivity (Wildman–Crippen MR) is 60.0 cm³/mol. The van der Waals surface area contributed by atoms with Crippen molar-refractivity contribution in [3.05, 3.63) is 35.4 Å². The molecule has 1 amide bonds. The van der Waals surface area contributed by atoms with E-state index in [-0.39, 0.29) is 12.5 Å². The maximum Gasteiger partial charge on any atom is 0.251 e. The van der Waals surface area contributed by atoms with E-state index in [9.17, 15) is 4.79 Å². The molecule has 0 bridgehead atoms. The zero-order valence-corrected chi connectivity index (χ0v) is 9.29. The van der Waals surface area contributed by atoms with Gasteiger partial charge in [0.2, 0.25) is 0 Å². The molecular weight excluding hydrogens is 214 g/mol. The van der Waals surface area contributed by atoms with Gasteiger partial charge in [0.1, 0.15) is 0 Å². The van der Waals surface area contributed by atoms with Crippen molar-refractivity contribution in [2.24, 2.45) is 0 Å². The largest absolute Gasteiger partial charge is 0.392 e. The Hall–Kier alpha value is -1.06. The van der Waals surface area contributed by atoms with E-state index in [1.807, 2.05) is 6.07 Å². The van der Waals surface area contributed by atoms with Crippen LogP contribution in [0, 0.1) is 0 Å². The molecule has 0 spiro atoms. The number of aliphatic hydroxyl groups is 1. The second-order valence-corrected chi connectivity index (χ2v) is 3.66. The Morgan fingerprint density at radius 3 is 2.93 bits per heavy atom. The van der Waals surface area contributed by atoms with E-state index in [0.29, 0.717) is 11.4 Å². The van der Waals surface area contributed by atoms with Crippen molar-refractivity contribution in [3.8, 4) is 0 Å². The Bertz CT molecular complexity index is 339. The molecule has 15 heavy (non-hydrogen) atoms. The average molecular weight is 228 g/mol. The Kier molecular flexibility index (Phi) is 4.59. The molecule has 1 rings (SSSR count). The Labute approximate surface area is 94.1 Å². The molecule has 1 atom stereocenters. The summed E-state index contributed by atoms with van der Waals surface area (Å²) in [4.78, 5) is 11.6. The van der Waals surface area contributed by atoms with Gasteiger partial charge < -0.3 is 10.4 Å². The molecule has 0 aliphatic rings. The Morgan fingerprint density at radius 1 is 1.60 bits per heavy atom. The van der Waals surface area contributed by atoms with E-state index in [2.05, 4.69) is 5.32 Å². The van der Waals surface area contributed by atoms with Gasteiger partial charge in [0.15, 0.2) is 0 Å². The zero-order chi connectivity index (χ0) is 11.3. The van der Waals surface area contributed by atoms with Crippen LogP contribution < -0.4 is 5.32 Å². The summed E-state index contributed by atoms with van der Waals surface area (Å²) in [7, 11) is 0. The van der Waals surface area contributed by atoms with Crippen LogP contribution in [0.15, 0.2) is 24.3 Å². The first-order valence-corrected chi connectivity index (χ1v) is 5.28. The molecule has 3 nitrogen and oxygen atoms in total. The minimum absolute atomic E-state index is 0.192. The molecule has 0 fully saturated rings. The fraction of sp³-hybridized carbons (Fsp3) is 0.364. The normalized spacial score (nSPS) is 12.2. The molecular formula is C11H14ClNO2. The molecule has 1 aromatic carbocycles. The van der Waals surface area contributed by atoms with Crippen LogP contribution in [-0.4, -0.2) is 23.7 Å². The molecule has 0 aromatic heterocycles. The monoisotopic (exact) mass is 227 g/mol. The SMILES string of the molecule is C[C@@H](O)CNC(=O)c1cccc(CCl)c1. The third-order valence-electron chi connectivity index (χ3n) is 1.90. The number of nitrogens with one attached hydrogen (secondary N) is 1. The van der Waals surface area contributed by atoms with Crippen LogP contribution in [0.25, 0.3) is 0 Å². The molecule has 0 aliphatic carbocycles. The maximum absolute atomic E-state index is 11.6. The maximum atomic E-state index is 11.6. The van der Waals surface area contributed by atoms with Crippen LogP contribution in [-0.2, 0) is 5.88 Å². The molecule has 0 saturated heterocycles. The number of halogens is 1. The second kappa shape index (κ2) is 5.73. The summed E-state index contributed by atoms with van der Waals surface area (Å²) in [5, 5.41) is 11.6. The molecule has 0 radical (unpaired) electrons. The van der Waals surface area contributed by atoms with Crippen molar-refractivity contribution < 1.29 is 9.90 Å². The summed E-state index contributed by atoms with van der Waals surface area (Å²) in [6.45, 7) is 1.87. The number of carbonyl (C=O) groups excluding carboxylic acids is 1. The van der Waals surface area contributed by atoms with Gasteiger partial charge in [-0.05, 0) is 24.6 Å². The molecule has 0 unspecified atom stereocenters. The molecule has 0 saturated carbocycles. The summed E-state index contributed by atoms with van der Waals surface area (Å²) >= 11 is 5.66. The lowest BCUT2D eigenvalue weighted by Crippen LogP contribution is -2.30. The molecule has 4 heteroatoms. The minimum atomic E-state index is -0.537. The number of carbonyl (C=O) groups is 1. The molecule has 0 aliphatic heterocycles. The Morgan fingerprint density at radius 2 is 2.33 bits per heavy atom. The lowest BCUT2D eigenvalue weighted by Gasteiger charge is -2.07. The van der Waals surface area contributed by atoms with Crippen LogP contribution in [0.5, 0.6) is 0 Å². The molecule has 1 aromatic rings. The number of hydrogen-bond acceptors (Lipinski definition) is 2. The van der Waals surface area contributed by atoms with Gasteiger partial charge in [-0.2, -0.15) is 0 Å². The van der Waals surface area contributed by atoms with Crippen molar-refractivity contribution in [2.45, 2.75) is 18.9 Å². The highest BCUT2D eigenvalue weighted by Crippen LogP contribution is 2.07. The Balaban J connectivity index is 2.65. The fourth-order valence-electron chi connectivity index (χ4n) is 1.14. The first-order valence-electron chi connectivity index (χ1n) is 4.74. The second-order valence-electron chi connectivity index (χ2n) is 3.39. The molecule has 0 heterocycles. The van der Waals surface area contributed by atoms with Gasteiger partial charge in [-0.25, -0.2) is 0 Å². The van der Waals surface area contributed by atoms with Gasteiger partial charge in [-0.3, -0.25) is 4.79 Å².